The Bertz CT molecular complexity index is 834. The first-order valence-corrected chi connectivity index (χ1v) is 9.60. The number of rotatable bonds is 6. The molecule has 1 fully saturated rings. The number of thiocarbonyl (C=S) groups is 1. The molecule has 144 valence electrons. The van der Waals surface area contributed by atoms with Crippen LogP contribution in [-0.4, -0.2) is 39.2 Å². The standard InChI is InChI=1S/C20H26N4O2S/c1-5-23-13(2)12-15(14(23)3)19-18(16-8-6-7-10-21-16)22-20(27)24(19)11-9-17(25)26-4/h6-8,10,12,18-19H,5,9,11H2,1-4H3,(H,22,27)/t18-,19+/m0/s1. The van der Waals surface area contributed by atoms with Gasteiger partial charge in [0.2, 0.25) is 0 Å². The number of nitrogens with zero attached hydrogens (tertiary/aromatic N) is 3. The van der Waals surface area contributed by atoms with E-state index < -0.39 is 0 Å². The Balaban J connectivity index is 2.03. The van der Waals surface area contributed by atoms with Crippen molar-refractivity contribution >= 4 is 23.3 Å². The Labute approximate surface area is 165 Å². The maximum absolute atomic E-state index is 11.7. The van der Waals surface area contributed by atoms with Crippen LogP contribution in [0.2, 0.25) is 0 Å². The highest BCUT2D eigenvalue weighted by Crippen LogP contribution is 2.40. The lowest BCUT2D eigenvalue weighted by Crippen LogP contribution is -2.32. The molecule has 0 radical (unpaired) electrons. The molecule has 7 heteroatoms. The van der Waals surface area contributed by atoms with E-state index in [-0.39, 0.29) is 24.5 Å². The molecule has 1 aliphatic heterocycles. The number of esters is 1. The zero-order valence-electron chi connectivity index (χ0n) is 16.2. The van der Waals surface area contributed by atoms with Crippen LogP contribution in [0.1, 0.15) is 48.1 Å². The third-order valence-corrected chi connectivity index (χ3v) is 5.58. The maximum Gasteiger partial charge on any atom is 0.307 e. The predicted octanol–water partition coefficient (Wildman–Crippen LogP) is 3.06. The molecule has 0 spiro atoms. The average Bonchev–Trinajstić information content (AvgIpc) is 3.15. The molecule has 2 atom stereocenters. The normalized spacial score (nSPS) is 19.3. The Morgan fingerprint density at radius 1 is 1.37 bits per heavy atom. The minimum Gasteiger partial charge on any atom is -0.469 e. The van der Waals surface area contributed by atoms with Crippen molar-refractivity contribution in [2.45, 2.75) is 45.8 Å². The number of ether oxygens (including phenoxy) is 1. The highest BCUT2D eigenvalue weighted by atomic mass is 32.1. The second-order valence-electron chi connectivity index (χ2n) is 6.72. The smallest absolute Gasteiger partial charge is 0.307 e. The second-order valence-corrected chi connectivity index (χ2v) is 7.10. The van der Waals surface area contributed by atoms with Gasteiger partial charge < -0.3 is 19.5 Å². The molecule has 3 rings (SSSR count). The Morgan fingerprint density at radius 2 is 2.15 bits per heavy atom. The molecule has 0 bridgehead atoms. The van der Waals surface area contributed by atoms with E-state index in [0.29, 0.717) is 11.7 Å². The molecule has 0 saturated carbocycles. The molecule has 0 amide bonds. The lowest BCUT2D eigenvalue weighted by atomic mass is 9.96. The van der Waals surface area contributed by atoms with E-state index in [4.69, 9.17) is 17.0 Å². The van der Waals surface area contributed by atoms with E-state index in [1.54, 1.807) is 6.20 Å². The van der Waals surface area contributed by atoms with Gasteiger partial charge in [-0.15, -0.1) is 0 Å². The monoisotopic (exact) mass is 386 g/mol. The summed E-state index contributed by atoms with van der Waals surface area (Å²) in [5.74, 6) is -0.239. The van der Waals surface area contributed by atoms with Gasteiger partial charge in [-0.2, -0.15) is 0 Å². The summed E-state index contributed by atoms with van der Waals surface area (Å²) in [5, 5.41) is 4.06. The highest BCUT2D eigenvalue weighted by Gasteiger charge is 2.41. The first kappa shape index (κ1) is 19.4. The predicted molar refractivity (Wildman–Crippen MR) is 108 cm³/mol. The minimum absolute atomic E-state index is 0.0245. The number of methoxy groups -OCH3 is 1. The number of aryl methyl sites for hydroxylation is 1. The second kappa shape index (κ2) is 8.08. The summed E-state index contributed by atoms with van der Waals surface area (Å²) in [6, 6.07) is 8.03. The lowest BCUT2D eigenvalue weighted by Gasteiger charge is -2.27. The summed E-state index contributed by atoms with van der Waals surface area (Å²) < 4.78 is 7.11. The van der Waals surface area contributed by atoms with Gasteiger partial charge in [-0.1, -0.05) is 6.07 Å². The SMILES string of the molecule is CCn1c(C)cc([C@@H]2[C@H](c3ccccn3)NC(=S)N2CCC(=O)OC)c1C. The molecule has 2 aromatic heterocycles. The summed E-state index contributed by atoms with van der Waals surface area (Å²) in [7, 11) is 1.41. The summed E-state index contributed by atoms with van der Waals surface area (Å²) >= 11 is 5.62. The van der Waals surface area contributed by atoms with Crippen LogP contribution in [0.5, 0.6) is 0 Å². The van der Waals surface area contributed by atoms with E-state index in [0.717, 1.165) is 12.2 Å². The summed E-state index contributed by atoms with van der Waals surface area (Å²) in [4.78, 5) is 18.4. The van der Waals surface area contributed by atoms with Crippen molar-refractivity contribution in [2.24, 2.45) is 0 Å². The van der Waals surface area contributed by atoms with Crippen LogP contribution >= 0.6 is 12.2 Å². The van der Waals surface area contributed by atoms with E-state index in [1.165, 1.54) is 24.1 Å². The zero-order chi connectivity index (χ0) is 19.6. The molecule has 0 unspecified atom stereocenters. The largest absolute Gasteiger partial charge is 0.469 e. The van der Waals surface area contributed by atoms with Gasteiger partial charge in [0, 0.05) is 30.7 Å². The van der Waals surface area contributed by atoms with Crippen LogP contribution in [0.3, 0.4) is 0 Å². The third kappa shape index (κ3) is 3.69. The van der Waals surface area contributed by atoms with Crippen molar-refractivity contribution in [3.05, 3.63) is 53.1 Å². The van der Waals surface area contributed by atoms with Gasteiger partial charge in [0.25, 0.3) is 0 Å². The van der Waals surface area contributed by atoms with Crippen molar-refractivity contribution in [3.8, 4) is 0 Å². The van der Waals surface area contributed by atoms with Gasteiger partial charge in [-0.05, 0) is 56.8 Å². The van der Waals surface area contributed by atoms with Gasteiger partial charge in [-0.3, -0.25) is 9.78 Å². The van der Waals surface area contributed by atoms with Crippen LogP contribution in [0, 0.1) is 13.8 Å². The molecular formula is C20H26N4O2S. The lowest BCUT2D eigenvalue weighted by molar-refractivity contribution is -0.140. The van der Waals surface area contributed by atoms with Crippen LogP contribution < -0.4 is 5.32 Å². The molecule has 27 heavy (non-hydrogen) atoms. The van der Waals surface area contributed by atoms with Crippen LogP contribution in [-0.2, 0) is 16.1 Å². The number of carbonyl (C=O) groups excluding carboxylic acids is 1. The molecular weight excluding hydrogens is 360 g/mol. The Kier molecular flexibility index (Phi) is 5.79. The van der Waals surface area contributed by atoms with Crippen LogP contribution in [0.25, 0.3) is 0 Å². The topological polar surface area (TPSA) is 59.4 Å². The molecule has 2 aromatic rings. The number of hydrogen-bond acceptors (Lipinski definition) is 4. The fraction of sp³-hybridized carbons (Fsp3) is 0.450. The number of carbonyl (C=O) groups is 1. The van der Waals surface area contributed by atoms with Gasteiger partial charge >= 0.3 is 5.97 Å². The average molecular weight is 387 g/mol. The van der Waals surface area contributed by atoms with Crippen molar-refractivity contribution in [3.63, 3.8) is 0 Å². The van der Waals surface area contributed by atoms with E-state index in [2.05, 4.69) is 46.6 Å². The van der Waals surface area contributed by atoms with E-state index in [1.807, 2.05) is 18.2 Å². The number of aromatic nitrogens is 2. The van der Waals surface area contributed by atoms with Crippen molar-refractivity contribution in [1.29, 1.82) is 0 Å². The van der Waals surface area contributed by atoms with Gasteiger partial charge in [0.15, 0.2) is 5.11 Å². The molecule has 6 nitrogen and oxygen atoms in total. The van der Waals surface area contributed by atoms with E-state index in [9.17, 15) is 4.79 Å². The first-order chi connectivity index (χ1) is 13.0. The quantitative estimate of drug-likeness (QED) is 0.608. The number of pyridine rings is 1. The summed E-state index contributed by atoms with van der Waals surface area (Å²) in [6.45, 7) is 7.82. The highest BCUT2D eigenvalue weighted by molar-refractivity contribution is 7.80. The van der Waals surface area contributed by atoms with Crippen LogP contribution in [0.15, 0.2) is 30.5 Å². The van der Waals surface area contributed by atoms with Crippen molar-refractivity contribution in [1.82, 2.24) is 19.8 Å². The Hall–Kier alpha value is -2.41. The first-order valence-electron chi connectivity index (χ1n) is 9.19. The summed E-state index contributed by atoms with van der Waals surface area (Å²) in [5.41, 5.74) is 4.58. The third-order valence-electron chi connectivity index (χ3n) is 5.23. The van der Waals surface area contributed by atoms with Gasteiger partial charge in [0.05, 0.1) is 31.3 Å². The summed E-state index contributed by atoms with van der Waals surface area (Å²) in [6.07, 6.45) is 2.08. The molecule has 1 N–H and O–H groups in total. The molecule has 0 aliphatic carbocycles. The molecule has 0 aromatic carbocycles. The van der Waals surface area contributed by atoms with Gasteiger partial charge in [-0.25, -0.2) is 0 Å². The van der Waals surface area contributed by atoms with Crippen molar-refractivity contribution in [2.75, 3.05) is 13.7 Å². The molecule has 3 heterocycles. The van der Waals surface area contributed by atoms with Crippen molar-refractivity contribution < 1.29 is 9.53 Å². The Morgan fingerprint density at radius 3 is 2.74 bits per heavy atom. The van der Waals surface area contributed by atoms with Crippen LogP contribution in [0.4, 0.5) is 0 Å². The number of nitrogens with one attached hydrogen (secondary N) is 1. The zero-order valence-corrected chi connectivity index (χ0v) is 17.0. The minimum atomic E-state index is -0.239. The molecule has 1 aliphatic rings. The fourth-order valence-corrected chi connectivity index (χ4v) is 4.24. The number of hydrogen-bond donors (Lipinski definition) is 1. The molecule has 1 saturated heterocycles. The maximum atomic E-state index is 11.7. The van der Waals surface area contributed by atoms with E-state index >= 15 is 0 Å². The van der Waals surface area contributed by atoms with Gasteiger partial charge in [0.1, 0.15) is 0 Å². The fourth-order valence-electron chi connectivity index (χ4n) is 3.91.